The average molecular weight is 332 g/mol. The molecule has 4 atom stereocenters. The number of rotatable bonds is 1. The normalized spacial score (nSPS) is 37.8. The van der Waals surface area contributed by atoms with Gasteiger partial charge in [0.15, 0.2) is 0 Å². The van der Waals surface area contributed by atoms with Crippen LogP contribution in [-0.4, -0.2) is 37.4 Å². The van der Waals surface area contributed by atoms with Gasteiger partial charge in [0.1, 0.15) is 0 Å². The van der Waals surface area contributed by atoms with Crippen LogP contribution in [-0.2, 0) is 10.8 Å². The Morgan fingerprint density at radius 1 is 0.880 bits per heavy atom. The molecule has 0 amide bonds. The second-order valence-electron chi connectivity index (χ2n) is 8.09. The van der Waals surface area contributed by atoms with Crippen LogP contribution in [0.5, 0.6) is 0 Å². The van der Waals surface area contributed by atoms with Crippen molar-refractivity contribution < 1.29 is 0 Å². The molecular formula is C21H24N4. The smallest absolute Gasteiger partial charge is 0.0901 e. The molecular weight excluding hydrogens is 308 g/mol. The molecule has 6 rings (SSSR count). The SMILES string of the molecule is CN1CC[C@]2([C@@]34CCN[C@@H]3Nc3ccccc34)c3ccccc3N[C@H]12. The van der Waals surface area contributed by atoms with Gasteiger partial charge >= 0.3 is 0 Å². The van der Waals surface area contributed by atoms with Crippen LogP contribution < -0.4 is 16.0 Å². The van der Waals surface area contributed by atoms with Crippen LogP contribution in [0.25, 0.3) is 0 Å². The van der Waals surface area contributed by atoms with Gasteiger partial charge in [0.05, 0.1) is 12.3 Å². The van der Waals surface area contributed by atoms with Gasteiger partial charge in [-0.2, -0.15) is 0 Å². The molecule has 3 N–H and O–H groups in total. The van der Waals surface area contributed by atoms with Gasteiger partial charge in [0.2, 0.25) is 0 Å². The largest absolute Gasteiger partial charge is 0.369 e. The van der Waals surface area contributed by atoms with Crippen LogP contribution in [0.2, 0.25) is 0 Å². The molecule has 0 spiro atoms. The van der Waals surface area contributed by atoms with Crippen molar-refractivity contribution in [1.29, 1.82) is 0 Å². The first kappa shape index (κ1) is 14.2. The van der Waals surface area contributed by atoms with Crippen LogP contribution in [0.4, 0.5) is 11.4 Å². The fraction of sp³-hybridized carbons (Fsp3) is 0.429. The molecule has 0 aliphatic carbocycles. The second-order valence-corrected chi connectivity index (χ2v) is 8.09. The van der Waals surface area contributed by atoms with E-state index in [0.29, 0.717) is 12.3 Å². The number of likely N-dealkylation sites (tertiary alicyclic amines) is 1. The molecule has 2 aromatic carbocycles. The van der Waals surface area contributed by atoms with Crippen molar-refractivity contribution in [3.63, 3.8) is 0 Å². The number of fused-ring (bicyclic) bond motifs is 7. The quantitative estimate of drug-likeness (QED) is 0.751. The zero-order valence-electron chi connectivity index (χ0n) is 14.5. The van der Waals surface area contributed by atoms with Crippen molar-refractivity contribution in [2.45, 2.75) is 36.0 Å². The number of hydrogen-bond donors (Lipinski definition) is 3. The number of nitrogens with zero attached hydrogens (tertiary/aromatic N) is 1. The number of anilines is 2. The third-order valence-corrected chi connectivity index (χ3v) is 7.33. The van der Waals surface area contributed by atoms with E-state index in [0.717, 1.165) is 13.1 Å². The molecule has 128 valence electrons. The van der Waals surface area contributed by atoms with E-state index >= 15 is 0 Å². The predicted molar refractivity (Wildman–Crippen MR) is 101 cm³/mol. The Bertz CT molecular complexity index is 864. The molecule has 2 fully saturated rings. The molecule has 4 heterocycles. The summed E-state index contributed by atoms with van der Waals surface area (Å²) in [6.45, 7) is 2.22. The predicted octanol–water partition coefficient (Wildman–Crippen LogP) is 2.69. The first-order chi connectivity index (χ1) is 12.3. The van der Waals surface area contributed by atoms with E-state index in [2.05, 4.69) is 76.4 Å². The van der Waals surface area contributed by atoms with Gasteiger partial charge in [-0.15, -0.1) is 0 Å². The Labute approximate surface area is 148 Å². The maximum absolute atomic E-state index is 3.87. The lowest BCUT2D eigenvalue weighted by Crippen LogP contribution is -2.59. The summed E-state index contributed by atoms with van der Waals surface area (Å²) in [7, 11) is 2.27. The molecule has 0 saturated carbocycles. The molecule has 4 aliphatic rings. The van der Waals surface area contributed by atoms with E-state index in [1.807, 2.05) is 0 Å². The molecule has 0 unspecified atom stereocenters. The summed E-state index contributed by atoms with van der Waals surface area (Å²) >= 11 is 0. The maximum Gasteiger partial charge on any atom is 0.0901 e. The Morgan fingerprint density at radius 2 is 1.56 bits per heavy atom. The first-order valence-corrected chi connectivity index (χ1v) is 9.43. The molecule has 0 radical (unpaired) electrons. The highest BCUT2D eigenvalue weighted by Gasteiger charge is 2.70. The van der Waals surface area contributed by atoms with Crippen molar-refractivity contribution in [3.8, 4) is 0 Å². The van der Waals surface area contributed by atoms with E-state index in [-0.39, 0.29) is 10.8 Å². The van der Waals surface area contributed by atoms with Crippen LogP contribution in [0.15, 0.2) is 48.5 Å². The monoisotopic (exact) mass is 332 g/mol. The van der Waals surface area contributed by atoms with Crippen LogP contribution in [0.3, 0.4) is 0 Å². The molecule has 0 bridgehead atoms. The lowest BCUT2D eigenvalue weighted by atomic mass is 9.55. The molecule has 4 aliphatic heterocycles. The molecule has 0 aromatic heterocycles. The van der Waals surface area contributed by atoms with Crippen molar-refractivity contribution in [1.82, 2.24) is 10.2 Å². The van der Waals surface area contributed by atoms with E-state index in [1.165, 1.54) is 35.3 Å². The second kappa shape index (κ2) is 4.57. The highest BCUT2D eigenvalue weighted by Crippen LogP contribution is 2.64. The Balaban J connectivity index is 1.67. The average Bonchev–Trinajstić information content (AvgIpc) is 3.34. The lowest BCUT2D eigenvalue weighted by Gasteiger charge is -2.47. The fourth-order valence-corrected chi connectivity index (χ4v) is 6.43. The minimum Gasteiger partial charge on any atom is -0.369 e. The molecule has 2 aromatic rings. The summed E-state index contributed by atoms with van der Waals surface area (Å²) < 4.78 is 0. The van der Waals surface area contributed by atoms with Gasteiger partial charge in [-0.05, 0) is 49.7 Å². The van der Waals surface area contributed by atoms with Crippen molar-refractivity contribution in [3.05, 3.63) is 59.7 Å². The number of nitrogens with one attached hydrogen (secondary N) is 3. The van der Waals surface area contributed by atoms with Crippen LogP contribution in [0.1, 0.15) is 24.0 Å². The zero-order chi connectivity index (χ0) is 16.6. The summed E-state index contributed by atoms with van der Waals surface area (Å²) in [5.74, 6) is 0. The third-order valence-electron chi connectivity index (χ3n) is 7.33. The van der Waals surface area contributed by atoms with Crippen molar-refractivity contribution >= 4 is 11.4 Å². The Morgan fingerprint density at radius 3 is 2.36 bits per heavy atom. The molecule has 25 heavy (non-hydrogen) atoms. The Hall–Kier alpha value is -2.04. The molecule has 4 heteroatoms. The van der Waals surface area contributed by atoms with Gasteiger partial charge < -0.3 is 10.6 Å². The highest BCUT2D eigenvalue weighted by molar-refractivity contribution is 5.72. The minimum atomic E-state index is 0.0959. The summed E-state index contributed by atoms with van der Waals surface area (Å²) in [5, 5.41) is 11.5. The van der Waals surface area contributed by atoms with Crippen molar-refractivity contribution in [2.24, 2.45) is 0 Å². The highest BCUT2D eigenvalue weighted by atomic mass is 15.3. The van der Waals surface area contributed by atoms with Gasteiger partial charge in [0, 0.05) is 28.7 Å². The van der Waals surface area contributed by atoms with Gasteiger partial charge in [-0.25, -0.2) is 0 Å². The summed E-state index contributed by atoms with van der Waals surface area (Å²) in [6.07, 6.45) is 3.06. The Kier molecular flexibility index (Phi) is 2.59. The molecule has 4 nitrogen and oxygen atoms in total. The number of benzene rings is 2. The van der Waals surface area contributed by atoms with Gasteiger partial charge in [0.25, 0.3) is 0 Å². The summed E-state index contributed by atoms with van der Waals surface area (Å²) in [4.78, 5) is 2.52. The third kappa shape index (κ3) is 1.44. The van der Waals surface area contributed by atoms with E-state index in [1.54, 1.807) is 0 Å². The van der Waals surface area contributed by atoms with E-state index < -0.39 is 0 Å². The lowest BCUT2D eigenvalue weighted by molar-refractivity contribution is 0.170. The van der Waals surface area contributed by atoms with Crippen molar-refractivity contribution in [2.75, 3.05) is 30.8 Å². The standard InChI is InChI=1S/C21H24N4/c1-25-13-11-21(15-7-3-5-9-17(15)24-19(21)25)20-10-12-22-18(20)23-16-8-4-2-6-14(16)20/h2-9,18-19,22-24H,10-13H2,1H3/t18-,19-,20-,21+/m1/s1. The zero-order valence-corrected chi connectivity index (χ0v) is 14.5. The molecule has 2 saturated heterocycles. The fourth-order valence-electron chi connectivity index (χ4n) is 6.43. The number of likely N-dealkylation sites (N-methyl/N-ethyl adjacent to an activating group) is 1. The van der Waals surface area contributed by atoms with Crippen LogP contribution in [0, 0.1) is 0 Å². The number of para-hydroxylation sites is 2. The van der Waals surface area contributed by atoms with E-state index in [4.69, 9.17) is 0 Å². The topological polar surface area (TPSA) is 39.3 Å². The number of hydrogen-bond acceptors (Lipinski definition) is 4. The summed E-state index contributed by atoms with van der Waals surface area (Å²) in [5.41, 5.74) is 5.85. The van der Waals surface area contributed by atoms with Gasteiger partial charge in [-0.1, -0.05) is 36.4 Å². The van der Waals surface area contributed by atoms with Gasteiger partial charge in [-0.3, -0.25) is 10.2 Å². The van der Waals surface area contributed by atoms with Crippen LogP contribution >= 0.6 is 0 Å². The van der Waals surface area contributed by atoms with E-state index in [9.17, 15) is 0 Å². The minimum absolute atomic E-state index is 0.0959. The maximum atomic E-state index is 3.87. The summed E-state index contributed by atoms with van der Waals surface area (Å²) in [6, 6.07) is 18.0. The first-order valence-electron chi connectivity index (χ1n) is 9.43.